The molecule has 0 aromatic carbocycles. The molecule has 2 heterocycles. The van der Waals surface area contributed by atoms with E-state index < -0.39 is 0 Å². The summed E-state index contributed by atoms with van der Waals surface area (Å²) in [4.78, 5) is 6.91. The van der Waals surface area contributed by atoms with Gasteiger partial charge in [-0.05, 0) is 63.3 Å². The van der Waals surface area contributed by atoms with E-state index in [4.69, 9.17) is 0 Å². The van der Waals surface area contributed by atoms with Crippen LogP contribution >= 0.6 is 27.3 Å². The smallest absolute Gasteiger partial charge is 0.143 e. The molecule has 3 rings (SSSR count). The van der Waals surface area contributed by atoms with Gasteiger partial charge in [0.15, 0.2) is 0 Å². The minimum atomic E-state index is 0.668. The summed E-state index contributed by atoms with van der Waals surface area (Å²) in [5, 5.41) is 4.35. The maximum absolute atomic E-state index is 4.50. The molecule has 0 N–H and O–H groups in total. The summed E-state index contributed by atoms with van der Waals surface area (Å²) in [6.45, 7) is 0.962. The lowest BCUT2D eigenvalue weighted by Crippen LogP contribution is -2.26. The standard InChI is InChI=1S/C13H13BrN2S/c14-12-2-1-6-15-13(12)16(11-3-4-11)8-10-5-7-17-9-10/h1-2,5-7,9,11H,3-4,8H2. The third kappa shape index (κ3) is 2.53. The highest BCUT2D eigenvalue weighted by Crippen LogP contribution is 2.35. The molecule has 4 heteroatoms. The molecule has 0 unspecified atom stereocenters. The Morgan fingerprint density at radius 2 is 2.29 bits per heavy atom. The second-order valence-corrected chi connectivity index (χ2v) is 5.93. The summed E-state index contributed by atoms with van der Waals surface area (Å²) in [6.07, 6.45) is 4.43. The maximum Gasteiger partial charge on any atom is 0.143 e. The van der Waals surface area contributed by atoms with E-state index in [2.05, 4.69) is 48.7 Å². The first-order chi connectivity index (χ1) is 8.34. The summed E-state index contributed by atoms with van der Waals surface area (Å²) < 4.78 is 1.09. The van der Waals surface area contributed by atoms with Crippen molar-refractivity contribution in [1.82, 2.24) is 4.98 Å². The van der Waals surface area contributed by atoms with E-state index in [-0.39, 0.29) is 0 Å². The Kier molecular flexibility index (Phi) is 3.16. The van der Waals surface area contributed by atoms with Crippen molar-refractivity contribution in [2.24, 2.45) is 0 Å². The van der Waals surface area contributed by atoms with Gasteiger partial charge in [-0.2, -0.15) is 11.3 Å². The van der Waals surface area contributed by atoms with Crippen LogP contribution in [0.4, 0.5) is 5.82 Å². The molecule has 0 saturated heterocycles. The van der Waals surface area contributed by atoms with Gasteiger partial charge in [-0.3, -0.25) is 0 Å². The Hall–Kier alpha value is -0.870. The average molecular weight is 309 g/mol. The van der Waals surface area contributed by atoms with Gasteiger partial charge in [-0.25, -0.2) is 4.98 Å². The lowest BCUT2D eigenvalue weighted by Gasteiger charge is -2.24. The summed E-state index contributed by atoms with van der Waals surface area (Å²) in [5.41, 5.74) is 1.37. The molecule has 88 valence electrons. The van der Waals surface area contributed by atoms with Crippen LogP contribution in [0.25, 0.3) is 0 Å². The molecule has 2 aromatic heterocycles. The molecule has 0 aliphatic heterocycles. The molecular formula is C13H13BrN2S. The first-order valence-electron chi connectivity index (χ1n) is 5.73. The lowest BCUT2D eigenvalue weighted by molar-refractivity contribution is 0.777. The van der Waals surface area contributed by atoms with Gasteiger partial charge < -0.3 is 4.90 Å². The van der Waals surface area contributed by atoms with E-state index in [1.807, 2.05) is 12.3 Å². The van der Waals surface area contributed by atoms with Gasteiger partial charge in [0.25, 0.3) is 0 Å². The van der Waals surface area contributed by atoms with Gasteiger partial charge in [0, 0.05) is 18.8 Å². The molecule has 1 aliphatic carbocycles. The normalized spacial score (nSPS) is 14.9. The summed E-state index contributed by atoms with van der Waals surface area (Å²) in [6, 6.07) is 6.88. The predicted molar refractivity (Wildman–Crippen MR) is 75.5 cm³/mol. The molecule has 2 aromatic rings. The molecule has 0 bridgehead atoms. The monoisotopic (exact) mass is 308 g/mol. The van der Waals surface area contributed by atoms with Gasteiger partial charge in [-0.1, -0.05) is 0 Å². The molecule has 2 nitrogen and oxygen atoms in total. The Morgan fingerprint density at radius 1 is 1.41 bits per heavy atom. The zero-order valence-corrected chi connectivity index (χ0v) is 11.7. The number of rotatable bonds is 4. The van der Waals surface area contributed by atoms with Crippen molar-refractivity contribution in [3.05, 3.63) is 45.2 Å². The minimum Gasteiger partial charge on any atom is -0.348 e. The Morgan fingerprint density at radius 3 is 2.94 bits per heavy atom. The molecule has 0 amide bonds. The van der Waals surface area contributed by atoms with Gasteiger partial charge in [0.05, 0.1) is 4.47 Å². The molecule has 1 aliphatic rings. The SMILES string of the molecule is Brc1cccnc1N(Cc1ccsc1)C1CC1. The number of nitrogens with zero attached hydrogens (tertiary/aromatic N) is 2. The number of aromatic nitrogens is 1. The van der Waals surface area contributed by atoms with E-state index in [1.54, 1.807) is 11.3 Å². The van der Waals surface area contributed by atoms with E-state index in [9.17, 15) is 0 Å². The number of hydrogen-bond donors (Lipinski definition) is 0. The molecule has 1 saturated carbocycles. The van der Waals surface area contributed by atoms with Crippen LogP contribution in [0.15, 0.2) is 39.6 Å². The van der Waals surface area contributed by atoms with Crippen molar-refractivity contribution in [2.75, 3.05) is 4.90 Å². The van der Waals surface area contributed by atoms with Crippen LogP contribution in [-0.4, -0.2) is 11.0 Å². The maximum atomic E-state index is 4.50. The highest BCUT2D eigenvalue weighted by molar-refractivity contribution is 9.10. The Labute approximate surface area is 113 Å². The van der Waals surface area contributed by atoms with E-state index in [0.717, 1.165) is 16.8 Å². The van der Waals surface area contributed by atoms with Crippen molar-refractivity contribution in [2.45, 2.75) is 25.4 Å². The third-order valence-electron chi connectivity index (χ3n) is 2.93. The second kappa shape index (κ2) is 4.78. The molecule has 0 atom stereocenters. The zero-order chi connectivity index (χ0) is 11.7. The van der Waals surface area contributed by atoms with E-state index in [0.29, 0.717) is 6.04 Å². The molecular weight excluding hydrogens is 296 g/mol. The van der Waals surface area contributed by atoms with Crippen LogP contribution in [0.1, 0.15) is 18.4 Å². The first-order valence-corrected chi connectivity index (χ1v) is 7.46. The van der Waals surface area contributed by atoms with Crippen LogP contribution in [0.5, 0.6) is 0 Å². The highest BCUT2D eigenvalue weighted by atomic mass is 79.9. The number of anilines is 1. The highest BCUT2D eigenvalue weighted by Gasteiger charge is 2.31. The van der Waals surface area contributed by atoms with Gasteiger partial charge >= 0.3 is 0 Å². The summed E-state index contributed by atoms with van der Waals surface area (Å²) in [7, 11) is 0. The van der Waals surface area contributed by atoms with Gasteiger partial charge in [-0.15, -0.1) is 0 Å². The Balaban J connectivity index is 1.88. The predicted octanol–water partition coefficient (Wildman–Crippen LogP) is 4.07. The van der Waals surface area contributed by atoms with Crippen LogP contribution in [-0.2, 0) is 6.54 Å². The van der Waals surface area contributed by atoms with Crippen LogP contribution in [0.2, 0.25) is 0 Å². The fourth-order valence-electron chi connectivity index (χ4n) is 1.93. The first kappa shape index (κ1) is 11.2. The summed E-state index contributed by atoms with van der Waals surface area (Å²) >= 11 is 5.35. The van der Waals surface area contributed by atoms with E-state index >= 15 is 0 Å². The zero-order valence-electron chi connectivity index (χ0n) is 9.34. The molecule has 0 radical (unpaired) electrons. The van der Waals surface area contributed by atoms with Crippen molar-refractivity contribution in [3.8, 4) is 0 Å². The number of halogens is 1. The van der Waals surface area contributed by atoms with Crippen LogP contribution in [0.3, 0.4) is 0 Å². The van der Waals surface area contributed by atoms with Gasteiger partial charge in [0.2, 0.25) is 0 Å². The number of thiophene rings is 1. The van der Waals surface area contributed by atoms with Gasteiger partial charge in [0.1, 0.15) is 5.82 Å². The number of pyridine rings is 1. The third-order valence-corrected chi connectivity index (χ3v) is 4.28. The van der Waals surface area contributed by atoms with Crippen molar-refractivity contribution < 1.29 is 0 Å². The average Bonchev–Trinajstić information content (AvgIpc) is 3.05. The quantitative estimate of drug-likeness (QED) is 0.846. The second-order valence-electron chi connectivity index (χ2n) is 4.30. The Bertz CT molecular complexity index is 494. The largest absolute Gasteiger partial charge is 0.348 e. The van der Waals surface area contributed by atoms with Crippen LogP contribution < -0.4 is 4.90 Å². The van der Waals surface area contributed by atoms with Crippen molar-refractivity contribution >= 4 is 33.1 Å². The fourth-order valence-corrected chi connectivity index (χ4v) is 3.07. The summed E-state index contributed by atoms with van der Waals surface area (Å²) in [5.74, 6) is 1.07. The van der Waals surface area contributed by atoms with E-state index in [1.165, 1.54) is 18.4 Å². The lowest BCUT2D eigenvalue weighted by atomic mass is 10.3. The molecule has 17 heavy (non-hydrogen) atoms. The van der Waals surface area contributed by atoms with Crippen LogP contribution in [0, 0.1) is 0 Å². The molecule has 1 fully saturated rings. The number of hydrogen-bond acceptors (Lipinski definition) is 3. The van der Waals surface area contributed by atoms with Crippen molar-refractivity contribution in [1.29, 1.82) is 0 Å². The van der Waals surface area contributed by atoms with Crippen molar-refractivity contribution in [3.63, 3.8) is 0 Å². The fraction of sp³-hybridized carbons (Fsp3) is 0.308. The topological polar surface area (TPSA) is 16.1 Å². The minimum absolute atomic E-state index is 0.668. The molecule has 0 spiro atoms.